The summed E-state index contributed by atoms with van der Waals surface area (Å²) in [4.78, 5) is 0. The van der Waals surface area contributed by atoms with E-state index in [1.165, 1.54) is 0 Å². The van der Waals surface area contributed by atoms with Crippen LogP contribution < -0.4 is 0 Å². The van der Waals surface area contributed by atoms with Crippen LogP contribution in [0.2, 0.25) is 0 Å². The number of hydrogen-bond donors (Lipinski definition) is 1. The lowest BCUT2D eigenvalue weighted by molar-refractivity contribution is 0.318. The Labute approximate surface area is 27.3 Å². The molecule has 0 aromatic heterocycles. The molecule has 1 radical (unpaired) electrons. The monoisotopic (exact) mass is 61.1 g/mol. The molecule has 27 valence electrons. The van der Waals surface area contributed by atoms with Crippen LogP contribution in [-0.2, 0) is 0 Å². The Morgan fingerprint density at radius 3 is 1.75 bits per heavy atom. The quantitative estimate of drug-likeness (QED) is 0.431. The molecule has 4 heavy (non-hydrogen) atoms. The van der Waals surface area contributed by atoms with Gasteiger partial charge in [-0.1, -0.05) is 7.43 Å². The number of aliphatic hydroxyl groups excluding tert-OH is 1. The van der Waals surface area contributed by atoms with E-state index >= 15 is 0 Å². The first-order chi connectivity index (χ1) is 1.41. The zero-order valence-electron chi connectivity index (χ0n) is 3.15. The van der Waals surface area contributed by atoms with Gasteiger partial charge in [0.15, 0.2) is 0 Å². The zero-order chi connectivity index (χ0) is 2.71. The Morgan fingerprint density at radius 2 is 1.75 bits per heavy atom. The van der Waals surface area contributed by atoms with E-state index in [9.17, 15) is 0 Å². The van der Waals surface area contributed by atoms with E-state index < -0.39 is 0 Å². The van der Waals surface area contributed by atoms with Crippen LogP contribution in [0.3, 0.4) is 0 Å². The molecule has 0 rings (SSSR count). The molecule has 0 amide bonds. The van der Waals surface area contributed by atoms with Crippen molar-refractivity contribution < 1.29 is 5.11 Å². The standard InChI is InChI=1S/C2H6O.CH3/c1-2-3;/h3H,2H2,1H3;1H3. The van der Waals surface area contributed by atoms with Crippen LogP contribution in [-0.4, -0.2) is 11.7 Å². The van der Waals surface area contributed by atoms with Gasteiger partial charge in [0.1, 0.15) is 0 Å². The summed E-state index contributed by atoms with van der Waals surface area (Å²) in [7, 11) is 0. The molecule has 0 heterocycles. The molecule has 0 fully saturated rings. The van der Waals surface area contributed by atoms with Crippen molar-refractivity contribution in [1.82, 2.24) is 0 Å². The van der Waals surface area contributed by atoms with Crippen LogP contribution in [0.4, 0.5) is 0 Å². The second kappa shape index (κ2) is 12.3. The maximum atomic E-state index is 7.57. The second-order valence-corrected chi connectivity index (χ2v) is 0.316. The summed E-state index contributed by atoms with van der Waals surface area (Å²) in [5.41, 5.74) is 0. The van der Waals surface area contributed by atoms with Gasteiger partial charge in [0, 0.05) is 6.61 Å². The second-order valence-electron chi connectivity index (χ2n) is 0.316. The Hall–Kier alpha value is -0.0400. The minimum Gasteiger partial charge on any atom is -0.397 e. The third-order valence-electron chi connectivity index (χ3n) is 0. The van der Waals surface area contributed by atoms with Gasteiger partial charge in [-0.15, -0.1) is 0 Å². The Balaban J connectivity index is 0. The Morgan fingerprint density at radius 1 is 1.75 bits per heavy atom. The van der Waals surface area contributed by atoms with E-state index in [1.807, 2.05) is 0 Å². The van der Waals surface area contributed by atoms with Crippen molar-refractivity contribution >= 4 is 0 Å². The zero-order valence-corrected chi connectivity index (χ0v) is 3.15. The number of hydrogen-bond acceptors (Lipinski definition) is 1. The largest absolute Gasteiger partial charge is 0.397 e. The lowest BCUT2D eigenvalue weighted by Gasteiger charge is -1.52. The van der Waals surface area contributed by atoms with E-state index in [0.29, 0.717) is 0 Å². The van der Waals surface area contributed by atoms with E-state index in [0.717, 1.165) is 0 Å². The molecule has 0 aliphatic rings. The smallest absolute Gasteiger partial charge is 0.0402 e. The van der Waals surface area contributed by atoms with Gasteiger partial charge in [-0.05, 0) is 6.92 Å². The van der Waals surface area contributed by atoms with Gasteiger partial charge in [-0.25, -0.2) is 0 Å². The summed E-state index contributed by atoms with van der Waals surface area (Å²) in [5.74, 6) is 0. The van der Waals surface area contributed by atoms with E-state index in [1.54, 1.807) is 6.92 Å². The predicted molar refractivity (Wildman–Crippen MR) is 19.2 cm³/mol. The van der Waals surface area contributed by atoms with Gasteiger partial charge < -0.3 is 5.11 Å². The first kappa shape index (κ1) is 9.03. The molecule has 0 aromatic rings. The molecule has 1 N–H and O–H groups in total. The molecule has 0 spiro atoms. The maximum absolute atomic E-state index is 7.57. The van der Waals surface area contributed by atoms with Gasteiger partial charge in [0.2, 0.25) is 0 Å². The lowest BCUT2D eigenvalue weighted by atomic mass is 10.9. The number of aliphatic hydroxyl groups is 1. The fourth-order valence-electron chi connectivity index (χ4n) is 0. The number of rotatable bonds is 0. The average Bonchev–Trinajstić information content (AvgIpc) is 0.918. The molecule has 0 aliphatic carbocycles. The summed E-state index contributed by atoms with van der Waals surface area (Å²) >= 11 is 0. The Bertz CT molecular complexity index is 3.25. The average molecular weight is 61.1 g/mol. The van der Waals surface area contributed by atoms with Gasteiger partial charge in [0.05, 0.1) is 0 Å². The van der Waals surface area contributed by atoms with Crippen LogP contribution in [0.25, 0.3) is 0 Å². The van der Waals surface area contributed by atoms with Crippen molar-refractivity contribution in [3.05, 3.63) is 7.43 Å². The first-order valence-corrected chi connectivity index (χ1v) is 1.02. The van der Waals surface area contributed by atoms with Crippen LogP contribution in [0.15, 0.2) is 0 Å². The minimum absolute atomic E-state index is 0. The summed E-state index contributed by atoms with van der Waals surface area (Å²) in [6.45, 7) is 1.93. The van der Waals surface area contributed by atoms with Crippen molar-refractivity contribution in [3.8, 4) is 0 Å². The van der Waals surface area contributed by atoms with Crippen LogP contribution >= 0.6 is 0 Å². The molecule has 0 saturated heterocycles. The lowest BCUT2D eigenvalue weighted by Crippen LogP contribution is -1.57. The fourth-order valence-corrected chi connectivity index (χ4v) is 0. The fraction of sp³-hybridized carbons (Fsp3) is 0.667. The highest BCUT2D eigenvalue weighted by molar-refractivity contribution is 3.84. The van der Waals surface area contributed by atoms with Crippen molar-refractivity contribution in [2.24, 2.45) is 0 Å². The van der Waals surface area contributed by atoms with Crippen LogP contribution in [0, 0.1) is 7.43 Å². The molecule has 0 unspecified atom stereocenters. The first-order valence-electron chi connectivity index (χ1n) is 1.02. The molecular weight excluding hydrogens is 52.0 g/mol. The molecule has 0 aromatic carbocycles. The molecule has 0 atom stereocenters. The highest BCUT2D eigenvalue weighted by Gasteiger charge is 1.34. The topological polar surface area (TPSA) is 20.2 Å². The summed E-state index contributed by atoms with van der Waals surface area (Å²) in [5, 5.41) is 7.57. The maximum Gasteiger partial charge on any atom is 0.0402 e. The van der Waals surface area contributed by atoms with Gasteiger partial charge in [0.25, 0.3) is 0 Å². The molecule has 0 saturated carbocycles. The van der Waals surface area contributed by atoms with Gasteiger partial charge >= 0.3 is 0 Å². The highest BCUT2D eigenvalue weighted by atomic mass is 16.2. The molecule has 0 bridgehead atoms. The van der Waals surface area contributed by atoms with Crippen molar-refractivity contribution in [2.75, 3.05) is 6.61 Å². The minimum atomic E-state index is 0. The van der Waals surface area contributed by atoms with Crippen molar-refractivity contribution in [3.63, 3.8) is 0 Å². The van der Waals surface area contributed by atoms with E-state index in [4.69, 9.17) is 5.11 Å². The molecular formula is C3H9O. The molecule has 1 nitrogen and oxygen atoms in total. The normalized spacial score (nSPS) is 4.50. The van der Waals surface area contributed by atoms with E-state index in [-0.39, 0.29) is 14.0 Å². The SMILES string of the molecule is CCO.[CH3]. The Kier molecular flexibility index (Phi) is 27.9. The van der Waals surface area contributed by atoms with Gasteiger partial charge in [-0.2, -0.15) is 0 Å². The summed E-state index contributed by atoms with van der Waals surface area (Å²) < 4.78 is 0. The van der Waals surface area contributed by atoms with Crippen LogP contribution in [0.5, 0.6) is 0 Å². The highest BCUT2D eigenvalue weighted by Crippen LogP contribution is 1.30. The van der Waals surface area contributed by atoms with E-state index in [2.05, 4.69) is 0 Å². The summed E-state index contributed by atoms with van der Waals surface area (Å²) in [6, 6.07) is 0. The third kappa shape index (κ3) is 1130. The molecule has 1 heteroatoms. The van der Waals surface area contributed by atoms with Gasteiger partial charge in [-0.3, -0.25) is 0 Å². The van der Waals surface area contributed by atoms with Crippen LogP contribution in [0.1, 0.15) is 6.92 Å². The van der Waals surface area contributed by atoms with Crippen molar-refractivity contribution in [1.29, 1.82) is 0 Å². The predicted octanol–water partition coefficient (Wildman–Crippen LogP) is 0.449. The third-order valence-corrected chi connectivity index (χ3v) is 0. The summed E-state index contributed by atoms with van der Waals surface area (Å²) in [6.07, 6.45) is 0. The molecule has 0 aliphatic heterocycles. The van der Waals surface area contributed by atoms with Crippen molar-refractivity contribution in [2.45, 2.75) is 6.92 Å².